The van der Waals surface area contributed by atoms with E-state index in [1.807, 2.05) is 6.92 Å². The van der Waals surface area contributed by atoms with Crippen LogP contribution in [0.2, 0.25) is 0 Å². The van der Waals surface area contributed by atoms with Gasteiger partial charge >= 0.3 is 12.0 Å². The first-order chi connectivity index (χ1) is 12.9. The van der Waals surface area contributed by atoms with Crippen LogP contribution in [0.5, 0.6) is 11.5 Å². The molecule has 0 aromatic heterocycles. The molecule has 2 unspecified atom stereocenters. The Morgan fingerprint density at radius 2 is 1.96 bits per heavy atom. The normalized spacial score (nSPS) is 17.9. The SMILES string of the molecule is CCCC(CC)COC(=O)C1=C(CC)NC(=O)NC1c1ccc(O)c(O)c1. The molecule has 0 radical (unpaired) electrons. The van der Waals surface area contributed by atoms with Crippen LogP contribution in [0.1, 0.15) is 58.1 Å². The van der Waals surface area contributed by atoms with Crippen molar-refractivity contribution < 1.29 is 24.5 Å². The van der Waals surface area contributed by atoms with Gasteiger partial charge in [-0.2, -0.15) is 0 Å². The van der Waals surface area contributed by atoms with Crippen molar-refractivity contribution in [2.45, 2.75) is 52.5 Å². The molecule has 7 heteroatoms. The second-order valence-corrected chi connectivity index (χ2v) is 6.69. The van der Waals surface area contributed by atoms with Crippen LogP contribution in [0.3, 0.4) is 0 Å². The molecule has 1 aliphatic heterocycles. The topological polar surface area (TPSA) is 108 Å². The Hall–Kier alpha value is -2.70. The number of carbonyl (C=O) groups is 2. The number of hydrogen-bond acceptors (Lipinski definition) is 5. The van der Waals surface area contributed by atoms with Crippen LogP contribution < -0.4 is 10.6 Å². The number of amides is 2. The fourth-order valence-electron chi connectivity index (χ4n) is 3.19. The molecule has 1 aliphatic rings. The minimum Gasteiger partial charge on any atom is -0.504 e. The van der Waals surface area contributed by atoms with Gasteiger partial charge in [-0.3, -0.25) is 0 Å². The van der Waals surface area contributed by atoms with E-state index in [-0.39, 0.29) is 11.5 Å². The number of allylic oxidation sites excluding steroid dienone is 1. The van der Waals surface area contributed by atoms with Crippen LogP contribution in [0.4, 0.5) is 4.79 Å². The van der Waals surface area contributed by atoms with Crippen LogP contribution >= 0.6 is 0 Å². The maximum atomic E-state index is 12.9. The number of esters is 1. The van der Waals surface area contributed by atoms with Crippen molar-refractivity contribution in [1.29, 1.82) is 0 Å². The van der Waals surface area contributed by atoms with Crippen molar-refractivity contribution in [3.05, 3.63) is 35.0 Å². The number of aromatic hydroxyl groups is 2. The van der Waals surface area contributed by atoms with Crippen LogP contribution in [-0.4, -0.2) is 28.8 Å². The highest BCUT2D eigenvalue weighted by atomic mass is 16.5. The molecule has 7 nitrogen and oxygen atoms in total. The summed E-state index contributed by atoms with van der Waals surface area (Å²) in [6.45, 7) is 6.32. The molecule has 0 bridgehead atoms. The third-order valence-corrected chi connectivity index (χ3v) is 4.78. The molecule has 2 rings (SSSR count). The Labute approximate surface area is 159 Å². The summed E-state index contributed by atoms with van der Waals surface area (Å²) in [4.78, 5) is 24.9. The Morgan fingerprint density at radius 1 is 1.22 bits per heavy atom. The maximum absolute atomic E-state index is 12.9. The van der Waals surface area contributed by atoms with E-state index in [9.17, 15) is 19.8 Å². The van der Waals surface area contributed by atoms with Crippen molar-refractivity contribution in [2.75, 3.05) is 6.61 Å². The lowest BCUT2D eigenvalue weighted by Gasteiger charge is -2.29. The second-order valence-electron chi connectivity index (χ2n) is 6.69. The summed E-state index contributed by atoms with van der Waals surface area (Å²) >= 11 is 0. The van der Waals surface area contributed by atoms with E-state index in [1.54, 1.807) is 6.07 Å². The predicted octanol–water partition coefficient (Wildman–Crippen LogP) is 3.49. The smallest absolute Gasteiger partial charge is 0.338 e. The van der Waals surface area contributed by atoms with Crippen molar-refractivity contribution >= 4 is 12.0 Å². The first kappa shape index (κ1) is 20.6. The average Bonchev–Trinajstić information content (AvgIpc) is 2.66. The monoisotopic (exact) mass is 376 g/mol. The number of rotatable bonds is 8. The molecule has 148 valence electrons. The molecule has 27 heavy (non-hydrogen) atoms. The summed E-state index contributed by atoms with van der Waals surface area (Å²) in [6.07, 6.45) is 3.37. The van der Waals surface area contributed by atoms with Gasteiger partial charge in [0.2, 0.25) is 0 Å². The molecule has 0 spiro atoms. The van der Waals surface area contributed by atoms with Crippen molar-refractivity contribution in [3.63, 3.8) is 0 Å². The summed E-state index contributed by atoms with van der Waals surface area (Å²) in [5.41, 5.74) is 1.29. The van der Waals surface area contributed by atoms with Gasteiger partial charge in [-0.15, -0.1) is 0 Å². The average molecular weight is 376 g/mol. The number of phenolic OH excluding ortho intramolecular Hbond substituents is 2. The molecule has 1 aromatic carbocycles. The lowest BCUT2D eigenvalue weighted by molar-refractivity contribution is -0.141. The zero-order valence-electron chi connectivity index (χ0n) is 16.0. The Balaban J connectivity index is 2.32. The van der Waals surface area contributed by atoms with Gasteiger partial charge in [-0.1, -0.05) is 39.7 Å². The van der Waals surface area contributed by atoms with E-state index in [1.165, 1.54) is 12.1 Å². The van der Waals surface area contributed by atoms with Crippen LogP contribution in [0.15, 0.2) is 29.5 Å². The Morgan fingerprint density at radius 3 is 2.56 bits per heavy atom. The van der Waals surface area contributed by atoms with Gasteiger partial charge in [0.15, 0.2) is 11.5 Å². The standard InChI is InChI=1S/C20H28N2O5/c1-4-7-12(5-2)11-27-19(25)17-14(6-3)21-20(26)22-18(17)13-8-9-15(23)16(24)10-13/h8-10,12,18,23-24H,4-7,11H2,1-3H3,(H2,21,22,26). The molecule has 0 aliphatic carbocycles. The van der Waals surface area contributed by atoms with E-state index in [0.29, 0.717) is 35.8 Å². The van der Waals surface area contributed by atoms with Crippen molar-refractivity contribution in [2.24, 2.45) is 5.92 Å². The quantitative estimate of drug-likeness (QED) is 0.410. The lowest BCUT2D eigenvalue weighted by atomic mass is 9.94. The van der Waals surface area contributed by atoms with Crippen molar-refractivity contribution in [1.82, 2.24) is 10.6 Å². The maximum Gasteiger partial charge on any atom is 0.338 e. The second kappa shape index (κ2) is 9.30. The number of hydrogen-bond donors (Lipinski definition) is 4. The van der Waals surface area contributed by atoms with Gasteiger partial charge in [0.1, 0.15) is 0 Å². The van der Waals surface area contributed by atoms with E-state index in [2.05, 4.69) is 24.5 Å². The van der Waals surface area contributed by atoms with E-state index in [0.717, 1.165) is 19.3 Å². The van der Waals surface area contributed by atoms with E-state index < -0.39 is 18.0 Å². The largest absolute Gasteiger partial charge is 0.504 e. The number of urea groups is 1. The van der Waals surface area contributed by atoms with Gasteiger partial charge in [0.25, 0.3) is 0 Å². The van der Waals surface area contributed by atoms with Gasteiger partial charge in [-0.05, 0) is 36.5 Å². The third kappa shape index (κ3) is 4.93. The van der Waals surface area contributed by atoms with Crippen LogP contribution in [-0.2, 0) is 9.53 Å². The fourth-order valence-corrected chi connectivity index (χ4v) is 3.19. The Kier molecular flexibility index (Phi) is 7.10. The summed E-state index contributed by atoms with van der Waals surface area (Å²) in [5, 5.41) is 24.7. The molecule has 0 saturated heterocycles. The molecule has 2 amide bonds. The minimum absolute atomic E-state index is 0.270. The fraction of sp³-hybridized carbons (Fsp3) is 0.500. The van der Waals surface area contributed by atoms with Crippen LogP contribution in [0, 0.1) is 5.92 Å². The summed E-state index contributed by atoms with van der Waals surface area (Å²) in [6, 6.07) is 3.01. The highest BCUT2D eigenvalue weighted by Gasteiger charge is 2.33. The van der Waals surface area contributed by atoms with Gasteiger partial charge in [-0.25, -0.2) is 9.59 Å². The number of benzene rings is 1. The molecular weight excluding hydrogens is 348 g/mol. The summed E-state index contributed by atoms with van der Waals surface area (Å²) in [5.74, 6) is -0.786. The minimum atomic E-state index is -0.765. The molecule has 0 saturated carbocycles. The molecule has 0 fully saturated rings. The van der Waals surface area contributed by atoms with Crippen molar-refractivity contribution in [3.8, 4) is 11.5 Å². The first-order valence-corrected chi connectivity index (χ1v) is 9.40. The summed E-state index contributed by atoms with van der Waals surface area (Å²) in [7, 11) is 0. The van der Waals surface area contributed by atoms with Gasteiger partial charge < -0.3 is 25.6 Å². The number of ether oxygens (including phenoxy) is 1. The zero-order chi connectivity index (χ0) is 20.0. The molecule has 1 aromatic rings. The summed E-state index contributed by atoms with van der Waals surface area (Å²) < 4.78 is 5.56. The molecular formula is C20H28N2O5. The van der Waals surface area contributed by atoms with E-state index >= 15 is 0 Å². The number of phenols is 2. The van der Waals surface area contributed by atoms with Gasteiger partial charge in [0, 0.05) is 5.70 Å². The Bertz CT molecular complexity index is 729. The number of carbonyl (C=O) groups excluding carboxylic acids is 2. The lowest BCUT2D eigenvalue weighted by Crippen LogP contribution is -2.46. The highest BCUT2D eigenvalue weighted by Crippen LogP contribution is 2.33. The molecule has 2 atom stereocenters. The van der Waals surface area contributed by atoms with Crippen LogP contribution in [0.25, 0.3) is 0 Å². The molecule has 4 N–H and O–H groups in total. The third-order valence-electron chi connectivity index (χ3n) is 4.78. The molecule has 1 heterocycles. The zero-order valence-corrected chi connectivity index (χ0v) is 16.0. The number of nitrogens with one attached hydrogen (secondary N) is 2. The predicted molar refractivity (Wildman–Crippen MR) is 101 cm³/mol. The van der Waals surface area contributed by atoms with Gasteiger partial charge in [0.05, 0.1) is 18.2 Å². The highest BCUT2D eigenvalue weighted by molar-refractivity contribution is 5.95. The first-order valence-electron chi connectivity index (χ1n) is 9.40. The van der Waals surface area contributed by atoms with E-state index in [4.69, 9.17) is 4.74 Å².